The zero-order valence-corrected chi connectivity index (χ0v) is 12.1. The molecule has 0 atom stereocenters. The minimum absolute atomic E-state index is 0.0863. The molecule has 0 amide bonds. The molecule has 0 unspecified atom stereocenters. The number of nitro benzene ring substituents is 1. The number of hydrogen-bond donors (Lipinski definition) is 1. The van der Waals surface area contributed by atoms with Gasteiger partial charge in [0.25, 0.3) is 5.69 Å². The Morgan fingerprint density at radius 3 is 2.60 bits per heavy atom. The van der Waals surface area contributed by atoms with E-state index in [1.807, 2.05) is 38.1 Å². The van der Waals surface area contributed by atoms with Crippen LogP contribution >= 0.6 is 11.6 Å². The number of anilines is 1. The Kier molecular flexibility index (Phi) is 4.25. The van der Waals surface area contributed by atoms with E-state index in [1.165, 1.54) is 0 Å². The van der Waals surface area contributed by atoms with Gasteiger partial charge in [0.2, 0.25) is 0 Å². The van der Waals surface area contributed by atoms with Crippen LogP contribution in [0.5, 0.6) is 0 Å². The van der Waals surface area contributed by atoms with Crippen molar-refractivity contribution in [2.45, 2.75) is 20.4 Å². The molecule has 20 heavy (non-hydrogen) atoms. The highest BCUT2D eigenvalue weighted by Crippen LogP contribution is 2.26. The highest BCUT2D eigenvalue weighted by molar-refractivity contribution is 6.31. The van der Waals surface area contributed by atoms with Crippen molar-refractivity contribution in [3.63, 3.8) is 0 Å². The van der Waals surface area contributed by atoms with Crippen molar-refractivity contribution in [1.29, 1.82) is 0 Å². The predicted molar refractivity (Wildman–Crippen MR) is 81.3 cm³/mol. The smallest absolute Gasteiger partial charge is 0.292 e. The third-order valence-electron chi connectivity index (χ3n) is 3.07. The summed E-state index contributed by atoms with van der Waals surface area (Å²) in [5.41, 5.74) is 3.45. The summed E-state index contributed by atoms with van der Waals surface area (Å²) in [5, 5.41) is 14.8. The van der Waals surface area contributed by atoms with Crippen LogP contribution in [0.25, 0.3) is 0 Å². The third-order valence-corrected chi connectivity index (χ3v) is 3.48. The maximum absolute atomic E-state index is 11.0. The second-order valence-electron chi connectivity index (χ2n) is 4.71. The summed E-state index contributed by atoms with van der Waals surface area (Å²) in [6, 6.07) is 10.9. The van der Waals surface area contributed by atoms with Gasteiger partial charge in [0.1, 0.15) is 5.69 Å². The molecule has 2 aromatic carbocycles. The molecule has 0 radical (unpaired) electrons. The molecule has 0 bridgehead atoms. The summed E-state index contributed by atoms with van der Waals surface area (Å²) in [6.45, 7) is 4.25. The van der Waals surface area contributed by atoms with E-state index >= 15 is 0 Å². The molecule has 0 heterocycles. The summed E-state index contributed by atoms with van der Waals surface area (Å²) in [7, 11) is 0. The highest BCUT2D eigenvalue weighted by atomic mass is 35.5. The molecule has 0 saturated carbocycles. The molecule has 2 rings (SSSR count). The van der Waals surface area contributed by atoms with Crippen LogP contribution in [0.1, 0.15) is 16.7 Å². The molecule has 104 valence electrons. The molecule has 5 heteroatoms. The predicted octanol–water partition coefficient (Wildman–Crippen LogP) is 4.48. The Bertz CT molecular complexity index is 656. The number of hydrogen-bond acceptors (Lipinski definition) is 3. The van der Waals surface area contributed by atoms with Crippen LogP contribution in [0, 0.1) is 24.0 Å². The van der Waals surface area contributed by atoms with Crippen molar-refractivity contribution in [2.24, 2.45) is 0 Å². The first kappa shape index (κ1) is 14.3. The molecule has 1 N–H and O–H groups in total. The fraction of sp³-hybridized carbons (Fsp3) is 0.200. The fourth-order valence-corrected chi connectivity index (χ4v) is 2.09. The lowest BCUT2D eigenvalue weighted by Gasteiger charge is -2.09. The van der Waals surface area contributed by atoms with Crippen LogP contribution in [0.2, 0.25) is 5.02 Å². The van der Waals surface area contributed by atoms with E-state index in [2.05, 4.69) is 5.32 Å². The normalized spacial score (nSPS) is 10.3. The van der Waals surface area contributed by atoms with Crippen LogP contribution in [-0.4, -0.2) is 4.92 Å². The molecular formula is C15H15ClN2O2. The minimum atomic E-state index is -0.378. The quantitative estimate of drug-likeness (QED) is 0.667. The number of nitrogens with one attached hydrogen (secondary N) is 1. The maximum atomic E-state index is 11.0. The molecule has 0 aromatic heterocycles. The Balaban J connectivity index is 2.18. The summed E-state index contributed by atoms with van der Waals surface area (Å²) in [6.07, 6.45) is 0. The molecule has 0 spiro atoms. The molecule has 0 fully saturated rings. The van der Waals surface area contributed by atoms with Crippen LogP contribution in [-0.2, 0) is 6.54 Å². The lowest BCUT2D eigenvalue weighted by molar-refractivity contribution is -0.384. The van der Waals surface area contributed by atoms with Gasteiger partial charge in [0.15, 0.2) is 0 Å². The lowest BCUT2D eigenvalue weighted by Crippen LogP contribution is -2.03. The zero-order chi connectivity index (χ0) is 14.7. The zero-order valence-electron chi connectivity index (χ0n) is 11.3. The Morgan fingerprint density at radius 2 is 1.95 bits per heavy atom. The van der Waals surface area contributed by atoms with Crippen molar-refractivity contribution in [3.05, 3.63) is 68.2 Å². The molecule has 4 nitrogen and oxygen atoms in total. The van der Waals surface area contributed by atoms with E-state index in [0.717, 1.165) is 16.7 Å². The van der Waals surface area contributed by atoms with Gasteiger partial charge in [-0.25, -0.2) is 0 Å². The lowest BCUT2D eigenvalue weighted by atomic mass is 10.1. The standard InChI is InChI=1S/C15H15ClN2O2/c1-10-3-6-14(15(7-10)18(19)20)17-9-12-5-4-11(2)13(16)8-12/h3-8,17H,9H2,1-2H3. The van der Waals surface area contributed by atoms with Gasteiger partial charge < -0.3 is 5.32 Å². The summed E-state index contributed by atoms with van der Waals surface area (Å²) < 4.78 is 0. The van der Waals surface area contributed by atoms with Crippen molar-refractivity contribution >= 4 is 23.0 Å². The first-order valence-corrected chi connectivity index (χ1v) is 6.59. The third kappa shape index (κ3) is 3.27. The minimum Gasteiger partial charge on any atom is -0.375 e. The van der Waals surface area contributed by atoms with Crippen LogP contribution in [0.4, 0.5) is 11.4 Å². The van der Waals surface area contributed by atoms with E-state index in [4.69, 9.17) is 11.6 Å². The number of rotatable bonds is 4. The van der Waals surface area contributed by atoms with Crippen LogP contribution in [0.15, 0.2) is 36.4 Å². The van der Waals surface area contributed by atoms with E-state index < -0.39 is 0 Å². The monoisotopic (exact) mass is 290 g/mol. The number of aryl methyl sites for hydroxylation is 2. The Labute approximate surface area is 122 Å². The van der Waals surface area contributed by atoms with Gasteiger partial charge >= 0.3 is 0 Å². The maximum Gasteiger partial charge on any atom is 0.292 e. The second-order valence-corrected chi connectivity index (χ2v) is 5.12. The molecule has 0 saturated heterocycles. The molecule has 0 aliphatic rings. The number of nitrogens with zero attached hydrogens (tertiary/aromatic N) is 1. The summed E-state index contributed by atoms with van der Waals surface area (Å²) in [5.74, 6) is 0. The van der Waals surface area contributed by atoms with Gasteiger partial charge in [-0.1, -0.05) is 29.8 Å². The Morgan fingerprint density at radius 1 is 1.20 bits per heavy atom. The summed E-state index contributed by atoms with van der Waals surface area (Å²) >= 11 is 6.06. The van der Waals surface area contributed by atoms with Crippen molar-refractivity contribution < 1.29 is 4.92 Å². The number of halogens is 1. The molecule has 0 aliphatic carbocycles. The average Bonchev–Trinajstić information content (AvgIpc) is 2.41. The molecule has 0 aliphatic heterocycles. The Hall–Kier alpha value is -2.07. The topological polar surface area (TPSA) is 55.2 Å². The summed E-state index contributed by atoms with van der Waals surface area (Å²) in [4.78, 5) is 10.7. The van der Waals surface area contributed by atoms with Crippen molar-refractivity contribution in [3.8, 4) is 0 Å². The SMILES string of the molecule is Cc1ccc(NCc2ccc(C)c(Cl)c2)c([N+](=O)[O-])c1. The van der Waals surface area contributed by atoms with Crippen LogP contribution < -0.4 is 5.32 Å². The van der Waals surface area contributed by atoms with Gasteiger partial charge in [-0.15, -0.1) is 0 Å². The van der Waals surface area contributed by atoms with Gasteiger partial charge in [-0.05, 0) is 42.7 Å². The van der Waals surface area contributed by atoms with Crippen molar-refractivity contribution in [2.75, 3.05) is 5.32 Å². The number of nitro groups is 1. The van der Waals surface area contributed by atoms with Crippen LogP contribution in [0.3, 0.4) is 0 Å². The first-order chi connectivity index (χ1) is 9.47. The second kappa shape index (κ2) is 5.92. The molecular weight excluding hydrogens is 276 g/mol. The van der Waals surface area contributed by atoms with E-state index in [-0.39, 0.29) is 10.6 Å². The molecule has 2 aromatic rings. The van der Waals surface area contributed by atoms with E-state index in [0.29, 0.717) is 17.3 Å². The highest BCUT2D eigenvalue weighted by Gasteiger charge is 2.13. The van der Waals surface area contributed by atoms with E-state index in [9.17, 15) is 10.1 Å². The van der Waals surface area contributed by atoms with Gasteiger partial charge in [0, 0.05) is 17.6 Å². The van der Waals surface area contributed by atoms with Gasteiger partial charge in [-0.2, -0.15) is 0 Å². The largest absolute Gasteiger partial charge is 0.375 e. The fourth-order valence-electron chi connectivity index (χ4n) is 1.89. The van der Waals surface area contributed by atoms with Gasteiger partial charge in [-0.3, -0.25) is 10.1 Å². The van der Waals surface area contributed by atoms with E-state index in [1.54, 1.807) is 12.1 Å². The van der Waals surface area contributed by atoms with Gasteiger partial charge in [0.05, 0.1) is 4.92 Å². The first-order valence-electron chi connectivity index (χ1n) is 6.21. The average molecular weight is 291 g/mol. The number of benzene rings is 2. The van der Waals surface area contributed by atoms with Crippen molar-refractivity contribution in [1.82, 2.24) is 0 Å².